The first-order valence-corrected chi connectivity index (χ1v) is 7.49. The van der Waals surface area contributed by atoms with Crippen LogP contribution < -0.4 is 10.6 Å². The Morgan fingerprint density at radius 2 is 2.14 bits per heavy atom. The van der Waals surface area contributed by atoms with Gasteiger partial charge in [-0.15, -0.1) is 0 Å². The monoisotopic (exact) mass is 292 g/mol. The van der Waals surface area contributed by atoms with E-state index in [1.54, 1.807) is 6.92 Å². The van der Waals surface area contributed by atoms with Gasteiger partial charge >= 0.3 is 0 Å². The molecule has 1 heterocycles. The average molecular weight is 292 g/mol. The smallest absolute Gasteiger partial charge is 0.249 e. The third-order valence-electron chi connectivity index (χ3n) is 3.54. The molecule has 0 fully saturated rings. The molecule has 21 heavy (non-hydrogen) atoms. The number of benzene rings is 1. The molecule has 1 aromatic rings. The first-order chi connectivity index (χ1) is 10.2. The quantitative estimate of drug-likeness (QED) is 0.710. The molecular formula is C16H24N2O3. The molecule has 5 nitrogen and oxygen atoms in total. The van der Waals surface area contributed by atoms with Crippen molar-refractivity contribution in [2.24, 2.45) is 0 Å². The number of rotatable bonds is 8. The predicted molar refractivity (Wildman–Crippen MR) is 80.7 cm³/mol. The Bertz CT molecular complexity index is 477. The summed E-state index contributed by atoms with van der Waals surface area (Å²) in [5.41, 5.74) is 3.78. The highest BCUT2D eigenvalue weighted by atomic mass is 16.5. The van der Waals surface area contributed by atoms with Gasteiger partial charge in [0.2, 0.25) is 5.91 Å². The second-order valence-electron chi connectivity index (χ2n) is 5.13. The van der Waals surface area contributed by atoms with Crippen molar-refractivity contribution in [2.75, 3.05) is 19.8 Å². The van der Waals surface area contributed by atoms with Crippen LogP contribution in [0.15, 0.2) is 18.2 Å². The third kappa shape index (κ3) is 4.81. The highest BCUT2D eigenvalue weighted by molar-refractivity contribution is 5.80. The number of ether oxygens (including phenoxy) is 2. The summed E-state index contributed by atoms with van der Waals surface area (Å²) in [4.78, 5) is 11.9. The van der Waals surface area contributed by atoms with E-state index in [1.165, 1.54) is 11.1 Å². The molecule has 2 N–H and O–H groups in total. The van der Waals surface area contributed by atoms with E-state index in [0.717, 1.165) is 18.7 Å². The van der Waals surface area contributed by atoms with Crippen LogP contribution in [-0.4, -0.2) is 31.8 Å². The third-order valence-corrected chi connectivity index (χ3v) is 3.54. The molecule has 1 aliphatic heterocycles. The zero-order valence-electron chi connectivity index (χ0n) is 12.8. The number of hydrogen-bond acceptors (Lipinski definition) is 4. The van der Waals surface area contributed by atoms with Gasteiger partial charge in [-0.3, -0.25) is 4.79 Å². The zero-order valence-corrected chi connectivity index (χ0v) is 12.8. The normalized spacial score (nSPS) is 14.8. The first kappa shape index (κ1) is 15.9. The molecule has 1 unspecified atom stereocenters. The van der Waals surface area contributed by atoms with Gasteiger partial charge in [0.15, 0.2) is 0 Å². The molecule has 0 aromatic heterocycles. The number of amides is 1. The largest absolute Gasteiger partial charge is 0.379 e. The fourth-order valence-corrected chi connectivity index (χ4v) is 2.29. The number of nitrogens with one attached hydrogen (secondary N) is 2. The summed E-state index contributed by atoms with van der Waals surface area (Å²) in [5, 5.41) is 6.22. The Morgan fingerprint density at radius 3 is 2.95 bits per heavy atom. The SMILES string of the molecule is CCOCCOC(C)C(=O)NCc1ccc2c(c1)CNC2. The van der Waals surface area contributed by atoms with Crippen LogP contribution in [0.25, 0.3) is 0 Å². The van der Waals surface area contributed by atoms with E-state index in [2.05, 4.69) is 28.8 Å². The molecule has 0 bridgehead atoms. The number of fused-ring (bicyclic) bond motifs is 1. The molecule has 116 valence electrons. The molecule has 1 aromatic carbocycles. The lowest BCUT2D eigenvalue weighted by Gasteiger charge is -2.13. The summed E-state index contributed by atoms with van der Waals surface area (Å²) >= 11 is 0. The summed E-state index contributed by atoms with van der Waals surface area (Å²) in [7, 11) is 0. The van der Waals surface area contributed by atoms with Crippen molar-refractivity contribution in [1.82, 2.24) is 10.6 Å². The van der Waals surface area contributed by atoms with Crippen LogP contribution in [-0.2, 0) is 33.9 Å². The van der Waals surface area contributed by atoms with Gasteiger partial charge in [0.25, 0.3) is 0 Å². The van der Waals surface area contributed by atoms with Crippen molar-refractivity contribution in [3.8, 4) is 0 Å². The maximum Gasteiger partial charge on any atom is 0.249 e. The molecule has 5 heteroatoms. The molecule has 1 amide bonds. The number of carbonyl (C=O) groups is 1. The molecular weight excluding hydrogens is 268 g/mol. The van der Waals surface area contributed by atoms with E-state index in [9.17, 15) is 4.79 Å². The zero-order chi connectivity index (χ0) is 15.1. The van der Waals surface area contributed by atoms with E-state index in [4.69, 9.17) is 9.47 Å². The Morgan fingerprint density at radius 1 is 1.33 bits per heavy atom. The van der Waals surface area contributed by atoms with Crippen molar-refractivity contribution < 1.29 is 14.3 Å². The van der Waals surface area contributed by atoms with Crippen molar-refractivity contribution in [1.29, 1.82) is 0 Å². The second kappa shape index (κ2) is 8.12. The van der Waals surface area contributed by atoms with Gasteiger partial charge in [-0.1, -0.05) is 18.2 Å². The number of hydrogen-bond donors (Lipinski definition) is 2. The Hall–Kier alpha value is -1.43. The van der Waals surface area contributed by atoms with Crippen LogP contribution in [0.1, 0.15) is 30.5 Å². The minimum Gasteiger partial charge on any atom is -0.379 e. The lowest BCUT2D eigenvalue weighted by atomic mass is 10.1. The van der Waals surface area contributed by atoms with Crippen LogP contribution in [0.5, 0.6) is 0 Å². The van der Waals surface area contributed by atoms with Crippen LogP contribution >= 0.6 is 0 Å². The Labute approximate surface area is 126 Å². The van der Waals surface area contributed by atoms with Crippen LogP contribution in [0, 0.1) is 0 Å². The van der Waals surface area contributed by atoms with E-state index in [0.29, 0.717) is 26.4 Å². The minimum absolute atomic E-state index is 0.0925. The molecule has 0 saturated carbocycles. The predicted octanol–water partition coefficient (Wildman–Crippen LogP) is 1.35. The van der Waals surface area contributed by atoms with E-state index >= 15 is 0 Å². The second-order valence-corrected chi connectivity index (χ2v) is 5.13. The van der Waals surface area contributed by atoms with Crippen LogP contribution in [0.2, 0.25) is 0 Å². The summed E-state index contributed by atoms with van der Waals surface area (Å²) in [5.74, 6) is -0.0925. The van der Waals surface area contributed by atoms with Crippen molar-refractivity contribution >= 4 is 5.91 Å². The summed E-state index contributed by atoms with van der Waals surface area (Å²) < 4.78 is 10.6. The highest BCUT2D eigenvalue weighted by Gasteiger charge is 2.14. The van der Waals surface area contributed by atoms with E-state index < -0.39 is 6.10 Å². The number of carbonyl (C=O) groups excluding carboxylic acids is 1. The van der Waals surface area contributed by atoms with Crippen molar-refractivity contribution in [3.05, 3.63) is 34.9 Å². The molecule has 0 radical (unpaired) electrons. The van der Waals surface area contributed by atoms with Gasteiger partial charge < -0.3 is 20.1 Å². The van der Waals surface area contributed by atoms with E-state index in [1.807, 2.05) is 6.92 Å². The summed E-state index contributed by atoms with van der Waals surface area (Å²) in [6.07, 6.45) is -0.457. The Kier molecular flexibility index (Phi) is 6.17. The molecule has 1 atom stereocenters. The lowest BCUT2D eigenvalue weighted by molar-refractivity contribution is -0.132. The Balaban J connectivity index is 1.73. The first-order valence-electron chi connectivity index (χ1n) is 7.49. The average Bonchev–Trinajstić information content (AvgIpc) is 2.96. The summed E-state index contributed by atoms with van der Waals surface area (Å²) in [6, 6.07) is 6.34. The lowest BCUT2D eigenvalue weighted by Crippen LogP contribution is -2.34. The molecule has 1 aliphatic rings. The molecule has 2 rings (SSSR count). The van der Waals surface area contributed by atoms with Crippen molar-refractivity contribution in [2.45, 2.75) is 39.6 Å². The maximum absolute atomic E-state index is 11.9. The molecule has 0 aliphatic carbocycles. The fourth-order valence-electron chi connectivity index (χ4n) is 2.29. The van der Waals surface area contributed by atoms with Gasteiger partial charge in [-0.05, 0) is 30.5 Å². The van der Waals surface area contributed by atoms with Gasteiger partial charge in [-0.2, -0.15) is 0 Å². The highest BCUT2D eigenvalue weighted by Crippen LogP contribution is 2.16. The summed E-state index contributed by atoms with van der Waals surface area (Å²) in [6.45, 7) is 7.69. The molecule has 0 saturated heterocycles. The topological polar surface area (TPSA) is 59.6 Å². The van der Waals surface area contributed by atoms with Crippen LogP contribution in [0.4, 0.5) is 0 Å². The van der Waals surface area contributed by atoms with Crippen molar-refractivity contribution in [3.63, 3.8) is 0 Å². The van der Waals surface area contributed by atoms with Gasteiger partial charge in [0, 0.05) is 26.2 Å². The maximum atomic E-state index is 11.9. The standard InChI is InChI=1S/C16H24N2O3/c1-3-20-6-7-21-12(2)16(19)18-9-13-4-5-14-10-17-11-15(14)8-13/h4-5,8,12,17H,3,6-7,9-11H2,1-2H3,(H,18,19). The molecule has 0 spiro atoms. The fraction of sp³-hybridized carbons (Fsp3) is 0.562. The van der Waals surface area contributed by atoms with Gasteiger partial charge in [0.05, 0.1) is 13.2 Å². The van der Waals surface area contributed by atoms with Crippen LogP contribution in [0.3, 0.4) is 0 Å². The van der Waals surface area contributed by atoms with Gasteiger partial charge in [0.1, 0.15) is 6.10 Å². The minimum atomic E-state index is -0.457. The van der Waals surface area contributed by atoms with E-state index in [-0.39, 0.29) is 5.91 Å². The van der Waals surface area contributed by atoms with Gasteiger partial charge in [-0.25, -0.2) is 0 Å².